The lowest BCUT2D eigenvalue weighted by Gasteiger charge is -2.30. The summed E-state index contributed by atoms with van der Waals surface area (Å²) >= 11 is 0. The lowest BCUT2D eigenvalue weighted by Crippen LogP contribution is -2.46. The van der Waals surface area contributed by atoms with Crippen LogP contribution >= 0.6 is 0 Å². The van der Waals surface area contributed by atoms with E-state index < -0.39 is 15.8 Å². The van der Waals surface area contributed by atoms with Crippen LogP contribution in [0.25, 0.3) is 0 Å². The largest absolute Gasteiger partial charge is 0.481 e. The molecule has 1 heterocycles. The average molecular weight is 320 g/mol. The van der Waals surface area contributed by atoms with Crippen LogP contribution in [0.3, 0.4) is 0 Å². The highest BCUT2D eigenvalue weighted by Gasteiger charge is 2.33. The van der Waals surface area contributed by atoms with Crippen LogP contribution < -0.4 is 0 Å². The van der Waals surface area contributed by atoms with Crippen LogP contribution in [0.2, 0.25) is 0 Å². The van der Waals surface area contributed by atoms with Crippen molar-refractivity contribution in [1.29, 1.82) is 0 Å². The molecule has 0 aromatic rings. The van der Waals surface area contributed by atoms with Gasteiger partial charge in [-0.2, -0.15) is 0 Å². The van der Waals surface area contributed by atoms with Crippen molar-refractivity contribution in [2.75, 3.05) is 31.6 Å². The Morgan fingerprint density at radius 1 is 1.38 bits per heavy atom. The van der Waals surface area contributed by atoms with E-state index in [2.05, 4.69) is 0 Å². The Morgan fingerprint density at radius 3 is 2.43 bits per heavy atom. The summed E-state index contributed by atoms with van der Waals surface area (Å²) < 4.78 is 22.9. The van der Waals surface area contributed by atoms with E-state index in [9.17, 15) is 18.0 Å². The number of hydrogen-bond acceptors (Lipinski definition) is 5. The van der Waals surface area contributed by atoms with E-state index in [4.69, 9.17) is 5.11 Å². The van der Waals surface area contributed by atoms with Crippen molar-refractivity contribution in [3.05, 3.63) is 0 Å². The fraction of sp³-hybridized carbons (Fsp3) is 0.846. The lowest BCUT2D eigenvalue weighted by atomic mass is 10.2. The summed E-state index contributed by atoms with van der Waals surface area (Å²) in [6.45, 7) is 4.31. The number of nitrogens with zero attached hydrogens (tertiary/aromatic N) is 2. The monoisotopic (exact) mass is 320 g/mol. The number of carbonyl (C=O) groups is 2. The second kappa shape index (κ2) is 7.22. The zero-order chi connectivity index (χ0) is 16.2. The van der Waals surface area contributed by atoms with E-state index in [1.807, 2.05) is 6.92 Å². The molecule has 1 aliphatic heterocycles. The second-order valence-corrected chi connectivity index (χ2v) is 7.80. The molecule has 0 saturated carbocycles. The third-order valence-corrected chi connectivity index (χ3v) is 5.74. The zero-order valence-electron chi connectivity index (χ0n) is 12.8. The van der Waals surface area contributed by atoms with Crippen LogP contribution in [0.5, 0.6) is 0 Å². The summed E-state index contributed by atoms with van der Waals surface area (Å²) in [4.78, 5) is 26.3. The standard InChI is InChI=1S/C13H24N2O5S/c1-4-15(10(2)7-13(17)18)8-12(16)14(3)11-5-6-21(19,20)9-11/h10-11H,4-9H2,1-3H3,(H,17,18). The van der Waals surface area contributed by atoms with E-state index in [0.29, 0.717) is 13.0 Å². The Balaban J connectivity index is 2.59. The molecular formula is C13H24N2O5S. The highest BCUT2D eigenvalue weighted by Crippen LogP contribution is 2.17. The lowest BCUT2D eigenvalue weighted by molar-refractivity contribution is -0.140. The molecule has 21 heavy (non-hydrogen) atoms. The van der Waals surface area contributed by atoms with Gasteiger partial charge in [-0.1, -0.05) is 6.92 Å². The smallest absolute Gasteiger partial charge is 0.304 e. The van der Waals surface area contributed by atoms with Crippen LogP contribution in [-0.2, 0) is 19.4 Å². The number of carboxylic acids is 1. The highest BCUT2D eigenvalue weighted by molar-refractivity contribution is 7.91. The molecule has 1 fully saturated rings. The van der Waals surface area contributed by atoms with Gasteiger partial charge < -0.3 is 10.0 Å². The maximum atomic E-state index is 12.2. The minimum absolute atomic E-state index is 0.0199. The van der Waals surface area contributed by atoms with Gasteiger partial charge in [-0.15, -0.1) is 0 Å². The molecule has 0 aliphatic carbocycles. The molecule has 2 atom stereocenters. The summed E-state index contributed by atoms with van der Waals surface area (Å²) in [7, 11) is -1.41. The molecule has 0 spiro atoms. The molecule has 1 saturated heterocycles. The van der Waals surface area contributed by atoms with Crippen LogP contribution in [-0.4, -0.2) is 78.9 Å². The Kier molecular flexibility index (Phi) is 6.15. The number of amides is 1. The summed E-state index contributed by atoms with van der Waals surface area (Å²) in [5, 5.41) is 8.81. The number of likely N-dealkylation sites (N-methyl/N-ethyl adjacent to an activating group) is 2. The summed E-state index contributed by atoms with van der Waals surface area (Å²) in [6, 6.07) is -0.506. The van der Waals surface area contributed by atoms with Gasteiger partial charge in [0.1, 0.15) is 0 Å². The third-order valence-electron chi connectivity index (χ3n) is 3.99. The molecule has 122 valence electrons. The molecular weight excluding hydrogens is 296 g/mol. The fourth-order valence-electron chi connectivity index (χ4n) is 2.53. The highest BCUT2D eigenvalue weighted by atomic mass is 32.2. The van der Waals surface area contributed by atoms with Gasteiger partial charge in [0.15, 0.2) is 9.84 Å². The first-order valence-corrected chi connectivity index (χ1v) is 8.90. The van der Waals surface area contributed by atoms with Crippen molar-refractivity contribution in [2.24, 2.45) is 0 Å². The second-order valence-electron chi connectivity index (χ2n) is 5.57. The van der Waals surface area contributed by atoms with Crippen molar-refractivity contribution >= 4 is 21.7 Å². The SMILES string of the molecule is CCN(CC(=O)N(C)C1CCS(=O)(=O)C1)C(C)CC(=O)O. The number of carbonyl (C=O) groups excluding carboxylic acids is 1. The van der Waals surface area contributed by atoms with Gasteiger partial charge >= 0.3 is 5.97 Å². The van der Waals surface area contributed by atoms with E-state index >= 15 is 0 Å². The normalized spacial score (nSPS) is 22.2. The van der Waals surface area contributed by atoms with E-state index in [-0.39, 0.29) is 42.5 Å². The predicted molar refractivity (Wildman–Crippen MR) is 78.8 cm³/mol. The Hall–Kier alpha value is -1.15. The summed E-state index contributed by atoms with van der Waals surface area (Å²) in [6.07, 6.45) is 0.448. The summed E-state index contributed by atoms with van der Waals surface area (Å²) in [5.74, 6) is -0.923. The Bertz CT molecular complexity index is 491. The van der Waals surface area contributed by atoms with Crippen LogP contribution in [0.4, 0.5) is 0 Å². The van der Waals surface area contributed by atoms with Crippen LogP contribution in [0.15, 0.2) is 0 Å². The molecule has 0 radical (unpaired) electrons. The first kappa shape index (κ1) is 17.9. The first-order valence-electron chi connectivity index (χ1n) is 7.08. The molecule has 0 aromatic heterocycles. The van der Waals surface area contributed by atoms with Gasteiger partial charge in [-0.25, -0.2) is 8.42 Å². The molecule has 0 bridgehead atoms. The maximum Gasteiger partial charge on any atom is 0.304 e. The van der Waals surface area contributed by atoms with Gasteiger partial charge in [-0.3, -0.25) is 14.5 Å². The molecule has 1 rings (SSSR count). The van der Waals surface area contributed by atoms with Crippen LogP contribution in [0.1, 0.15) is 26.7 Å². The predicted octanol–water partition coefficient (Wildman–Crippen LogP) is -0.183. The molecule has 0 aromatic carbocycles. The number of sulfone groups is 1. The van der Waals surface area contributed by atoms with E-state index in [0.717, 1.165) is 0 Å². The van der Waals surface area contributed by atoms with Gasteiger partial charge in [0.2, 0.25) is 5.91 Å². The summed E-state index contributed by atoms with van der Waals surface area (Å²) in [5.41, 5.74) is 0. The number of rotatable bonds is 7. The number of hydrogen-bond donors (Lipinski definition) is 1. The number of aliphatic carboxylic acids is 1. The molecule has 1 amide bonds. The topological polar surface area (TPSA) is 95.0 Å². The number of carboxylic acid groups (broad SMARTS) is 1. The van der Waals surface area contributed by atoms with Crippen molar-refractivity contribution in [1.82, 2.24) is 9.80 Å². The van der Waals surface area contributed by atoms with Gasteiger partial charge in [-0.05, 0) is 19.9 Å². The fourth-order valence-corrected chi connectivity index (χ4v) is 4.31. The Labute approximate surface area is 125 Å². The quantitative estimate of drug-likeness (QED) is 0.699. The first-order chi connectivity index (χ1) is 9.66. The molecule has 1 N–H and O–H groups in total. The Morgan fingerprint density at radius 2 is 2.00 bits per heavy atom. The third kappa shape index (κ3) is 5.28. The van der Waals surface area contributed by atoms with Gasteiger partial charge in [0.25, 0.3) is 0 Å². The molecule has 8 heteroatoms. The van der Waals surface area contributed by atoms with E-state index in [1.54, 1.807) is 18.9 Å². The molecule has 2 unspecified atom stereocenters. The van der Waals surface area contributed by atoms with Crippen molar-refractivity contribution in [3.8, 4) is 0 Å². The van der Waals surface area contributed by atoms with Crippen molar-refractivity contribution in [3.63, 3.8) is 0 Å². The van der Waals surface area contributed by atoms with Gasteiger partial charge in [0.05, 0.1) is 24.5 Å². The van der Waals surface area contributed by atoms with Gasteiger partial charge in [0, 0.05) is 19.1 Å². The minimum Gasteiger partial charge on any atom is -0.481 e. The molecule has 7 nitrogen and oxygen atoms in total. The van der Waals surface area contributed by atoms with Crippen molar-refractivity contribution in [2.45, 2.75) is 38.8 Å². The molecule has 1 aliphatic rings. The zero-order valence-corrected chi connectivity index (χ0v) is 13.6. The maximum absolute atomic E-state index is 12.2. The van der Waals surface area contributed by atoms with Crippen LogP contribution in [0, 0.1) is 0 Å². The minimum atomic E-state index is -3.03. The average Bonchev–Trinajstić information content (AvgIpc) is 2.74. The van der Waals surface area contributed by atoms with Crippen molar-refractivity contribution < 1.29 is 23.1 Å². The van der Waals surface area contributed by atoms with E-state index in [1.165, 1.54) is 4.90 Å².